The van der Waals surface area contributed by atoms with Crippen LogP contribution in [0.25, 0.3) is 0 Å². The lowest BCUT2D eigenvalue weighted by Crippen LogP contribution is -2.22. The van der Waals surface area contributed by atoms with Crippen LogP contribution in [0.1, 0.15) is 30.5 Å². The van der Waals surface area contributed by atoms with Crippen molar-refractivity contribution in [2.45, 2.75) is 39.8 Å². The first-order valence-corrected chi connectivity index (χ1v) is 7.50. The molecule has 2 rings (SSSR count). The Morgan fingerprint density at radius 3 is 2.76 bits per heavy atom. The van der Waals surface area contributed by atoms with Crippen molar-refractivity contribution in [3.05, 3.63) is 59.4 Å². The van der Waals surface area contributed by atoms with Crippen molar-refractivity contribution in [1.82, 2.24) is 10.3 Å². The van der Waals surface area contributed by atoms with E-state index in [1.165, 1.54) is 16.7 Å². The molecule has 112 valence electrons. The zero-order chi connectivity index (χ0) is 15.1. The molecule has 0 saturated carbocycles. The third-order valence-electron chi connectivity index (χ3n) is 3.35. The maximum absolute atomic E-state index is 6.04. The SMILES string of the molecule is Cc1cccc(CNC(C)C)c1OCCc1cccnc1. The first kappa shape index (κ1) is 15.5. The summed E-state index contributed by atoms with van der Waals surface area (Å²) in [4.78, 5) is 4.13. The van der Waals surface area contributed by atoms with Crippen molar-refractivity contribution < 1.29 is 4.74 Å². The van der Waals surface area contributed by atoms with Crippen LogP contribution in [0, 0.1) is 6.92 Å². The Hall–Kier alpha value is -1.87. The van der Waals surface area contributed by atoms with Crippen LogP contribution in [0.15, 0.2) is 42.7 Å². The summed E-state index contributed by atoms with van der Waals surface area (Å²) >= 11 is 0. The number of hydrogen-bond acceptors (Lipinski definition) is 3. The fourth-order valence-electron chi connectivity index (χ4n) is 2.19. The van der Waals surface area contributed by atoms with Crippen molar-refractivity contribution >= 4 is 0 Å². The predicted molar refractivity (Wildman–Crippen MR) is 86.6 cm³/mol. The summed E-state index contributed by atoms with van der Waals surface area (Å²) < 4.78 is 6.04. The third-order valence-corrected chi connectivity index (χ3v) is 3.35. The van der Waals surface area contributed by atoms with Gasteiger partial charge < -0.3 is 10.1 Å². The second-order valence-corrected chi connectivity index (χ2v) is 5.56. The van der Waals surface area contributed by atoms with Gasteiger partial charge in [-0.2, -0.15) is 0 Å². The summed E-state index contributed by atoms with van der Waals surface area (Å²) in [7, 11) is 0. The summed E-state index contributed by atoms with van der Waals surface area (Å²) in [5.41, 5.74) is 3.60. The van der Waals surface area contributed by atoms with Crippen molar-refractivity contribution in [3.63, 3.8) is 0 Å². The summed E-state index contributed by atoms with van der Waals surface area (Å²) in [5, 5.41) is 3.45. The molecular formula is C18H24N2O. The molecular weight excluding hydrogens is 260 g/mol. The highest BCUT2D eigenvalue weighted by Crippen LogP contribution is 2.23. The molecule has 1 N–H and O–H groups in total. The van der Waals surface area contributed by atoms with Gasteiger partial charge in [0.2, 0.25) is 0 Å². The largest absolute Gasteiger partial charge is 0.493 e. The zero-order valence-corrected chi connectivity index (χ0v) is 13.1. The van der Waals surface area contributed by atoms with Gasteiger partial charge in [-0.05, 0) is 24.1 Å². The van der Waals surface area contributed by atoms with E-state index in [2.05, 4.69) is 55.3 Å². The molecule has 21 heavy (non-hydrogen) atoms. The molecule has 1 aromatic heterocycles. The average molecular weight is 284 g/mol. The lowest BCUT2D eigenvalue weighted by Gasteiger charge is -2.16. The highest BCUT2D eigenvalue weighted by Gasteiger charge is 2.07. The van der Waals surface area contributed by atoms with Crippen LogP contribution in [0.2, 0.25) is 0 Å². The minimum atomic E-state index is 0.466. The number of nitrogens with zero attached hydrogens (tertiary/aromatic N) is 1. The van der Waals surface area contributed by atoms with Gasteiger partial charge in [-0.3, -0.25) is 4.98 Å². The summed E-state index contributed by atoms with van der Waals surface area (Å²) in [5.74, 6) is 1.01. The van der Waals surface area contributed by atoms with Crippen molar-refractivity contribution in [2.75, 3.05) is 6.61 Å². The van der Waals surface area contributed by atoms with Crippen LogP contribution in [0.5, 0.6) is 5.75 Å². The summed E-state index contributed by atoms with van der Waals surface area (Å²) in [6.45, 7) is 7.91. The van der Waals surface area contributed by atoms with Crippen molar-refractivity contribution in [2.24, 2.45) is 0 Å². The molecule has 0 amide bonds. The quantitative estimate of drug-likeness (QED) is 0.845. The number of ether oxygens (including phenoxy) is 1. The van der Waals surface area contributed by atoms with Gasteiger partial charge >= 0.3 is 0 Å². The van der Waals surface area contributed by atoms with Gasteiger partial charge in [0.15, 0.2) is 0 Å². The molecule has 0 spiro atoms. The van der Waals surface area contributed by atoms with Gasteiger partial charge in [0, 0.05) is 37.0 Å². The standard InChI is InChI=1S/C18H24N2O/c1-14(2)20-13-17-8-4-6-15(3)18(17)21-11-9-16-7-5-10-19-12-16/h4-8,10,12,14,20H,9,11,13H2,1-3H3. The topological polar surface area (TPSA) is 34.1 Å². The third kappa shape index (κ3) is 4.87. The molecule has 0 saturated heterocycles. The first-order chi connectivity index (χ1) is 10.2. The molecule has 0 aliphatic rings. The molecule has 2 aromatic rings. The van der Waals surface area contributed by atoms with E-state index < -0.39 is 0 Å². The maximum Gasteiger partial charge on any atom is 0.126 e. The number of aryl methyl sites for hydroxylation is 1. The Kier molecular flexibility index (Phi) is 5.76. The number of rotatable bonds is 7. The normalized spacial score (nSPS) is 10.9. The van der Waals surface area contributed by atoms with Crippen LogP contribution in [-0.2, 0) is 13.0 Å². The van der Waals surface area contributed by atoms with Crippen LogP contribution in [0.3, 0.4) is 0 Å². The van der Waals surface area contributed by atoms with E-state index in [1.54, 1.807) is 6.20 Å². The number of aromatic nitrogens is 1. The van der Waals surface area contributed by atoms with Gasteiger partial charge in [-0.1, -0.05) is 38.1 Å². The molecule has 0 unspecified atom stereocenters. The van der Waals surface area contributed by atoms with Gasteiger partial charge in [0.05, 0.1) is 6.61 Å². The summed E-state index contributed by atoms with van der Waals surface area (Å²) in [6, 6.07) is 10.8. The molecule has 0 aliphatic carbocycles. The lowest BCUT2D eigenvalue weighted by atomic mass is 10.1. The first-order valence-electron chi connectivity index (χ1n) is 7.50. The maximum atomic E-state index is 6.04. The van der Waals surface area contributed by atoms with Crippen LogP contribution in [-0.4, -0.2) is 17.6 Å². The monoisotopic (exact) mass is 284 g/mol. The van der Waals surface area contributed by atoms with Crippen molar-refractivity contribution in [1.29, 1.82) is 0 Å². The van der Waals surface area contributed by atoms with E-state index in [1.807, 2.05) is 12.3 Å². The molecule has 0 aliphatic heterocycles. The Bertz CT molecular complexity index is 552. The predicted octanol–water partition coefficient (Wildman–Crippen LogP) is 3.51. The fraction of sp³-hybridized carbons (Fsp3) is 0.389. The van der Waals surface area contributed by atoms with E-state index in [-0.39, 0.29) is 0 Å². The average Bonchev–Trinajstić information content (AvgIpc) is 2.48. The van der Waals surface area contributed by atoms with E-state index in [0.29, 0.717) is 12.6 Å². The number of hydrogen-bond donors (Lipinski definition) is 1. The minimum Gasteiger partial charge on any atom is -0.493 e. The van der Waals surface area contributed by atoms with Crippen LogP contribution in [0.4, 0.5) is 0 Å². The number of nitrogens with one attached hydrogen (secondary N) is 1. The highest BCUT2D eigenvalue weighted by molar-refractivity contribution is 5.40. The second-order valence-electron chi connectivity index (χ2n) is 5.56. The molecule has 1 heterocycles. The second kappa shape index (κ2) is 7.79. The molecule has 3 heteroatoms. The molecule has 0 atom stereocenters. The van der Waals surface area contributed by atoms with E-state index in [9.17, 15) is 0 Å². The summed E-state index contributed by atoms with van der Waals surface area (Å²) in [6.07, 6.45) is 4.56. The Labute approximate surface area is 127 Å². The molecule has 3 nitrogen and oxygen atoms in total. The van der Waals surface area contributed by atoms with E-state index in [4.69, 9.17) is 4.74 Å². The van der Waals surface area contributed by atoms with Gasteiger partial charge in [0.1, 0.15) is 5.75 Å². The van der Waals surface area contributed by atoms with Gasteiger partial charge in [-0.15, -0.1) is 0 Å². The van der Waals surface area contributed by atoms with Crippen LogP contribution >= 0.6 is 0 Å². The number of pyridine rings is 1. The van der Waals surface area contributed by atoms with Crippen LogP contribution < -0.4 is 10.1 Å². The smallest absolute Gasteiger partial charge is 0.126 e. The Balaban J connectivity index is 1.98. The molecule has 1 aromatic carbocycles. The fourth-order valence-corrected chi connectivity index (χ4v) is 2.19. The lowest BCUT2D eigenvalue weighted by molar-refractivity contribution is 0.315. The van der Waals surface area contributed by atoms with Gasteiger partial charge in [-0.25, -0.2) is 0 Å². The molecule has 0 radical (unpaired) electrons. The Morgan fingerprint density at radius 2 is 2.05 bits per heavy atom. The minimum absolute atomic E-state index is 0.466. The Morgan fingerprint density at radius 1 is 1.19 bits per heavy atom. The van der Waals surface area contributed by atoms with E-state index >= 15 is 0 Å². The zero-order valence-electron chi connectivity index (χ0n) is 13.1. The van der Waals surface area contributed by atoms with E-state index in [0.717, 1.165) is 18.7 Å². The van der Waals surface area contributed by atoms with Gasteiger partial charge in [0.25, 0.3) is 0 Å². The highest BCUT2D eigenvalue weighted by atomic mass is 16.5. The number of para-hydroxylation sites is 1. The molecule has 0 bridgehead atoms. The van der Waals surface area contributed by atoms with Crippen molar-refractivity contribution in [3.8, 4) is 5.75 Å². The number of benzene rings is 1. The molecule has 0 fully saturated rings.